The molecule has 0 radical (unpaired) electrons. The Balaban J connectivity index is 2.28. The Morgan fingerprint density at radius 3 is 2.33 bits per heavy atom. The third kappa shape index (κ3) is 3.43. The average molecular weight is 355 g/mol. The number of alkyl halides is 1. The van der Waals surface area contributed by atoms with E-state index in [0.29, 0.717) is 12.0 Å². The molecule has 2 rings (SSSR count). The van der Waals surface area contributed by atoms with Crippen molar-refractivity contribution < 1.29 is 13.5 Å². The first-order valence-electron chi connectivity index (χ1n) is 6.66. The van der Waals surface area contributed by atoms with Gasteiger partial charge in [0, 0.05) is 4.83 Å². The molecule has 1 unspecified atom stereocenters. The lowest BCUT2D eigenvalue weighted by atomic mass is 9.99. The molecule has 0 fully saturated rings. The first-order chi connectivity index (χ1) is 9.93. The van der Waals surface area contributed by atoms with Crippen LogP contribution in [0.25, 0.3) is 0 Å². The van der Waals surface area contributed by atoms with E-state index < -0.39 is 11.6 Å². The first-order valence-corrected chi connectivity index (χ1v) is 7.57. The van der Waals surface area contributed by atoms with Gasteiger partial charge in [-0.25, -0.2) is 8.78 Å². The molecule has 0 heterocycles. The molecule has 0 spiro atoms. The molecule has 0 N–H and O–H groups in total. The Morgan fingerprint density at radius 1 is 1.14 bits per heavy atom. The van der Waals surface area contributed by atoms with Crippen molar-refractivity contribution in [2.75, 3.05) is 7.11 Å². The minimum atomic E-state index is -0.811. The highest BCUT2D eigenvalue weighted by Crippen LogP contribution is 2.33. The quantitative estimate of drug-likeness (QED) is 0.679. The molecule has 0 aliphatic heterocycles. The van der Waals surface area contributed by atoms with Crippen molar-refractivity contribution in [3.63, 3.8) is 0 Å². The second-order valence-corrected chi connectivity index (χ2v) is 6.18. The van der Waals surface area contributed by atoms with Gasteiger partial charge in [0.1, 0.15) is 5.75 Å². The van der Waals surface area contributed by atoms with Crippen molar-refractivity contribution in [1.82, 2.24) is 0 Å². The van der Waals surface area contributed by atoms with Crippen LogP contribution < -0.4 is 4.74 Å². The minimum Gasteiger partial charge on any atom is -0.496 e. The Labute approximate surface area is 132 Å². The number of hydrogen-bond acceptors (Lipinski definition) is 1. The van der Waals surface area contributed by atoms with Crippen LogP contribution in [0.3, 0.4) is 0 Å². The third-order valence-corrected chi connectivity index (χ3v) is 4.33. The van der Waals surface area contributed by atoms with Crippen LogP contribution in [0.4, 0.5) is 8.78 Å². The lowest BCUT2D eigenvalue weighted by molar-refractivity contribution is 0.408. The zero-order chi connectivity index (χ0) is 15.6. The molecule has 0 aliphatic carbocycles. The van der Waals surface area contributed by atoms with Crippen molar-refractivity contribution in [1.29, 1.82) is 0 Å². The number of hydrogen-bond donors (Lipinski definition) is 0. The minimum absolute atomic E-state index is 0.0860. The molecular formula is C17H17BrF2O. The molecular weight excluding hydrogens is 338 g/mol. The van der Waals surface area contributed by atoms with Gasteiger partial charge in [-0.05, 0) is 48.6 Å². The summed E-state index contributed by atoms with van der Waals surface area (Å²) in [5.41, 5.74) is 3.44. The highest BCUT2D eigenvalue weighted by molar-refractivity contribution is 9.09. The van der Waals surface area contributed by atoms with E-state index in [2.05, 4.69) is 15.9 Å². The fourth-order valence-corrected chi connectivity index (χ4v) is 3.12. The Hall–Kier alpha value is -1.42. The van der Waals surface area contributed by atoms with Gasteiger partial charge in [-0.3, -0.25) is 0 Å². The zero-order valence-corrected chi connectivity index (χ0v) is 13.8. The lowest BCUT2D eigenvalue weighted by Gasteiger charge is -2.16. The van der Waals surface area contributed by atoms with Crippen LogP contribution in [0.1, 0.15) is 27.1 Å². The van der Waals surface area contributed by atoms with Gasteiger partial charge in [-0.15, -0.1) is 0 Å². The summed E-state index contributed by atoms with van der Waals surface area (Å²) in [6.45, 7) is 3.94. The number of benzene rings is 2. The van der Waals surface area contributed by atoms with Crippen LogP contribution in [0.15, 0.2) is 30.3 Å². The molecule has 4 heteroatoms. The van der Waals surface area contributed by atoms with Gasteiger partial charge in [0.15, 0.2) is 11.6 Å². The summed E-state index contributed by atoms with van der Waals surface area (Å²) in [4.78, 5) is -0.0860. The predicted octanol–water partition coefficient (Wildman–Crippen LogP) is 5.27. The second-order valence-electron chi connectivity index (χ2n) is 5.07. The topological polar surface area (TPSA) is 9.23 Å². The Morgan fingerprint density at radius 2 is 1.76 bits per heavy atom. The SMILES string of the molecule is COc1c(C)cc(C(Br)Cc2cccc(F)c2F)cc1C. The van der Waals surface area contributed by atoms with Gasteiger partial charge in [0.2, 0.25) is 0 Å². The van der Waals surface area contributed by atoms with Crippen molar-refractivity contribution >= 4 is 15.9 Å². The van der Waals surface area contributed by atoms with E-state index >= 15 is 0 Å². The van der Waals surface area contributed by atoms with E-state index in [-0.39, 0.29) is 4.83 Å². The smallest absolute Gasteiger partial charge is 0.162 e. The molecule has 2 aromatic rings. The highest BCUT2D eigenvalue weighted by Gasteiger charge is 2.16. The lowest BCUT2D eigenvalue weighted by Crippen LogP contribution is -2.02. The average Bonchev–Trinajstić information content (AvgIpc) is 2.43. The third-order valence-electron chi connectivity index (χ3n) is 3.48. The summed E-state index contributed by atoms with van der Waals surface area (Å²) >= 11 is 3.57. The molecule has 0 amide bonds. The molecule has 0 saturated heterocycles. The summed E-state index contributed by atoms with van der Waals surface area (Å²) < 4.78 is 32.3. The van der Waals surface area contributed by atoms with Crippen molar-refractivity contribution in [3.05, 3.63) is 64.2 Å². The molecule has 0 aliphatic rings. The predicted molar refractivity (Wildman–Crippen MR) is 84.2 cm³/mol. The fraction of sp³-hybridized carbons (Fsp3) is 0.294. The van der Waals surface area contributed by atoms with E-state index in [4.69, 9.17) is 4.74 Å². The van der Waals surface area contributed by atoms with Gasteiger partial charge in [-0.2, -0.15) is 0 Å². The Kier molecular flexibility index (Phi) is 4.99. The van der Waals surface area contributed by atoms with Crippen LogP contribution in [-0.4, -0.2) is 7.11 Å². The number of methoxy groups -OCH3 is 1. The van der Waals surface area contributed by atoms with Crippen molar-refractivity contribution in [3.8, 4) is 5.75 Å². The van der Waals surface area contributed by atoms with Gasteiger partial charge in [0.25, 0.3) is 0 Å². The Bertz CT molecular complexity index is 632. The number of rotatable bonds is 4. The molecule has 1 nitrogen and oxygen atoms in total. The van der Waals surface area contributed by atoms with Crippen LogP contribution in [-0.2, 0) is 6.42 Å². The molecule has 2 aromatic carbocycles. The van der Waals surface area contributed by atoms with Crippen LogP contribution in [0.5, 0.6) is 5.75 Å². The van der Waals surface area contributed by atoms with Crippen LogP contribution in [0, 0.1) is 25.5 Å². The maximum Gasteiger partial charge on any atom is 0.162 e. The fourth-order valence-electron chi connectivity index (χ4n) is 2.50. The largest absolute Gasteiger partial charge is 0.496 e. The van der Waals surface area contributed by atoms with Gasteiger partial charge in [0.05, 0.1) is 7.11 Å². The highest BCUT2D eigenvalue weighted by atomic mass is 79.9. The summed E-state index contributed by atoms with van der Waals surface area (Å²) in [5, 5.41) is 0. The maximum absolute atomic E-state index is 13.7. The number of ether oxygens (including phenoxy) is 1. The molecule has 1 atom stereocenters. The summed E-state index contributed by atoms with van der Waals surface area (Å²) in [6.07, 6.45) is 0.384. The monoisotopic (exact) mass is 354 g/mol. The molecule has 21 heavy (non-hydrogen) atoms. The summed E-state index contributed by atoms with van der Waals surface area (Å²) in [7, 11) is 1.64. The standard InChI is InChI=1S/C17H17BrF2O/c1-10-7-13(8-11(2)17(10)21-3)14(18)9-12-5-4-6-15(19)16(12)20/h4-8,14H,9H2,1-3H3. The van der Waals surface area contributed by atoms with Crippen LogP contribution in [0.2, 0.25) is 0 Å². The number of aryl methyl sites for hydroxylation is 2. The molecule has 0 saturated carbocycles. The maximum atomic E-state index is 13.7. The first kappa shape index (κ1) is 16.0. The van der Waals surface area contributed by atoms with Gasteiger partial charge in [-0.1, -0.05) is 40.2 Å². The summed E-state index contributed by atoms with van der Waals surface area (Å²) in [6, 6.07) is 8.27. The number of halogens is 3. The summed E-state index contributed by atoms with van der Waals surface area (Å²) in [5.74, 6) is -0.728. The molecule has 0 bridgehead atoms. The van der Waals surface area contributed by atoms with E-state index in [9.17, 15) is 8.78 Å². The zero-order valence-electron chi connectivity index (χ0n) is 12.2. The van der Waals surface area contributed by atoms with Gasteiger partial charge >= 0.3 is 0 Å². The second kappa shape index (κ2) is 6.56. The van der Waals surface area contributed by atoms with Gasteiger partial charge < -0.3 is 4.74 Å². The molecule has 112 valence electrons. The molecule has 0 aromatic heterocycles. The van der Waals surface area contributed by atoms with E-state index in [1.54, 1.807) is 13.2 Å². The van der Waals surface area contributed by atoms with E-state index in [1.807, 2.05) is 26.0 Å². The van der Waals surface area contributed by atoms with Crippen molar-refractivity contribution in [2.24, 2.45) is 0 Å². The normalized spacial score (nSPS) is 12.3. The van der Waals surface area contributed by atoms with Crippen molar-refractivity contribution in [2.45, 2.75) is 25.1 Å². The van der Waals surface area contributed by atoms with E-state index in [1.165, 1.54) is 6.07 Å². The van der Waals surface area contributed by atoms with E-state index in [0.717, 1.165) is 28.5 Å². The van der Waals surface area contributed by atoms with Crippen LogP contribution >= 0.6 is 15.9 Å².